The maximum Gasteiger partial charge on any atom is 0.408 e. The smallest absolute Gasteiger partial charge is 0.408 e. The van der Waals surface area contributed by atoms with Crippen LogP contribution in [0.3, 0.4) is 0 Å². The molecular formula is C13H16BrF3N2O2. The molecule has 21 heavy (non-hydrogen) atoms. The van der Waals surface area contributed by atoms with Crippen molar-refractivity contribution in [1.82, 2.24) is 10.2 Å². The minimum Gasteiger partial charge on any atom is -0.506 e. The second kappa shape index (κ2) is 6.41. The highest BCUT2D eigenvalue weighted by Crippen LogP contribution is 2.45. The van der Waals surface area contributed by atoms with E-state index in [2.05, 4.69) is 21.2 Å². The molecule has 1 aromatic rings. The molecule has 1 heterocycles. The Kier molecular flexibility index (Phi) is 5.00. The Morgan fingerprint density at radius 3 is 2.48 bits per heavy atom. The number of phenolic OH excluding ortho intramolecular Hbond substituents is 1. The van der Waals surface area contributed by atoms with Gasteiger partial charge in [0.2, 0.25) is 0 Å². The molecule has 0 aliphatic carbocycles. The molecule has 0 aromatic heterocycles. The maximum atomic E-state index is 13.5. The van der Waals surface area contributed by atoms with E-state index < -0.39 is 18.0 Å². The molecule has 2 rings (SSSR count). The predicted octanol–water partition coefficient (Wildman–Crippen LogP) is 2.67. The van der Waals surface area contributed by atoms with E-state index in [1.165, 1.54) is 24.1 Å². The van der Waals surface area contributed by atoms with E-state index in [1.54, 1.807) is 0 Å². The van der Waals surface area contributed by atoms with Crippen molar-refractivity contribution in [3.8, 4) is 11.5 Å². The number of halogens is 4. The molecule has 0 unspecified atom stereocenters. The van der Waals surface area contributed by atoms with Gasteiger partial charge in [-0.2, -0.15) is 13.2 Å². The maximum absolute atomic E-state index is 13.5. The Hall–Kier alpha value is -0.990. The number of hydrogen-bond donors (Lipinski definition) is 2. The molecular weight excluding hydrogens is 353 g/mol. The SMILES string of the molecule is COc1cc(Br)c(O)c([C@H](N2CCNCC2)C(F)(F)F)c1. The number of piperazine rings is 1. The minimum atomic E-state index is -4.49. The molecule has 2 N–H and O–H groups in total. The molecule has 0 saturated carbocycles. The number of phenols is 1. The molecule has 1 fully saturated rings. The zero-order valence-electron chi connectivity index (χ0n) is 11.4. The molecule has 0 radical (unpaired) electrons. The number of aromatic hydroxyl groups is 1. The van der Waals surface area contributed by atoms with Crippen LogP contribution in [-0.2, 0) is 0 Å². The Balaban J connectivity index is 2.48. The second-order valence-corrected chi connectivity index (χ2v) is 5.63. The molecule has 0 spiro atoms. The normalized spacial score (nSPS) is 18.5. The fourth-order valence-electron chi connectivity index (χ4n) is 2.44. The highest BCUT2D eigenvalue weighted by molar-refractivity contribution is 9.10. The first-order valence-corrected chi connectivity index (χ1v) is 7.21. The van der Waals surface area contributed by atoms with Gasteiger partial charge in [0.15, 0.2) is 0 Å². The van der Waals surface area contributed by atoms with E-state index >= 15 is 0 Å². The Morgan fingerprint density at radius 2 is 1.95 bits per heavy atom. The van der Waals surface area contributed by atoms with Gasteiger partial charge in [-0.25, -0.2) is 0 Å². The van der Waals surface area contributed by atoms with E-state index in [1.807, 2.05) is 0 Å². The third kappa shape index (κ3) is 3.61. The van der Waals surface area contributed by atoms with Crippen LogP contribution in [-0.4, -0.2) is 49.5 Å². The van der Waals surface area contributed by atoms with Gasteiger partial charge >= 0.3 is 6.18 Å². The van der Waals surface area contributed by atoms with E-state index in [0.29, 0.717) is 13.1 Å². The summed E-state index contributed by atoms with van der Waals surface area (Å²) in [6.07, 6.45) is -4.49. The standard InChI is InChI=1S/C13H16BrF3N2O2/c1-21-8-6-9(11(20)10(14)7-8)12(13(15,16)17)19-4-2-18-3-5-19/h6-7,12,18,20H,2-5H2,1H3/t12-/m0/s1. The third-order valence-corrected chi connectivity index (χ3v) is 4.03. The fourth-order valence-corrected chi connectivity index (χ4v) is 2.90. The van der Waals surface area contributed by atoms with Gasteiger partial charge in [-0.1, -0.05) is 0 Å². The first-order chi connectivity index (χ1) is 9.84. The summed E-state index contributed by atoms with van der Waals surface area (Å²) in [7, 11) is 1.37. The van der Waals surface area contributed by atoms with Gasteiger partial charge < -0.3 is 15.2 Å². The lowest BCUT2D eigenvalue weighted by molar-refractivity contribution is -0.188. The number of methoxy groups -OCH3 is 1. The molecule has 8 heteroatoms. The lowest BCUT2D eigenvalue weighted by Crippen LogP contribution is -2.49. The van der Waals surface area contributed by atoms with Crippen LogP contribution in [0.1, 0.15) is 11.6 Å². The predicted molar refractivity (Wildman–Crippen MR) is 75.6 cm³/mol. The average molecular weight is 369 g/mol. The summed E-state index contributed by atoms with van der Waals surface area (Å²) < 4.78 is 45.7. The lowest BCUT2D eigenvalue weighted by atomic mass is 10.0. The van der Waals surface area contributed by atoms with Gasteiger partial charge in [-0.15, -0.1) is 0 Å². The van der Waals surface area contributed by atoms with Crippen LogP contribution in [0.5, 0.6) is 11.5 Å². The van der Waals surface area contributed by atoms with Crippen LogP contribution < -0.4 is 10.1 Å². The van der Waals surface area contributed by atoms with Gasteiger partial charge in [0, 0.05) is 31.7 Å². The number of rotatable bonds is 3. The Labute approximate surface area is 129 Å². The molecule has 4 nitrogen and oxygen atoms in total. The Morgan fingerprint density at radius 1 is 1.33 bits per heavy atom. The largest absolute Gasteiger partial charge is 0.506 e. The van der Waals surface area contributed by atoms with Crippen LogP contribution in [0.15, 0.2) is 16.6 Å². The van der Waals surface area contributed by atoms with Gasteiger partial charge in [0.25, 0.3) is 0 Å². The van der Waals surface area contributed by atoms with Crippen molar-refractivity contribution in [1.29, 1.82) is 0 Å². The summed E-state index contributed by atoms with van der Waals surface area (Å²) in [6, 6.07) is 0.815. The van der Waals surface area contributed by atoms with Crippen LogP contribution in [0, 0.1) is 0 Å². The summed E-state index contributed by atoms with van der Waals surface area (Å²) in [6.45, 7) is 1.49. The quantitative estimate of drug-likeness (QED) is 0.860. The summed E-state index contributed by atoms with van der Waals surface area (Å²) in [5.74, 6) is -0.143. The number of ether oxygens (including phenoxy) is 1. The number of alkyl halides is 3. The minimum absolute atomic E-state index is 0.182. The molecule has 1 aromatic carbocycles. The lowest BCUT2D eigenvalue weighted by Gasteiger charge is -2.36. The molecule has 1 saturated heterocycles. The van der Waals surface area contributed by atoms with E-state index in [9.17, 15) is 18.3 Å². The van der Waals surface area contributed by atoms with Gasteiger partial charge in [-0.05, 0) is 28.1 Å². The topological polar surface area (TPSA) is 44.7 Å². The number of nitrogens with zero attached hydrogens (tertiary/aromatic N) is 1. The molecule has 118 valence electrons. The molecule has 0 bridgehead atoms. The van der Waals surface area contributed by atoms with Crippen molar-refractivity contribution in [2.45, 2.75) is 12.2 Å². The van der Waals surface area contributed by atoms with Crippen molar-refractivity contribution in [3.63, 3.8) is 0 Å². The molecule has 1 aliphatic heterocycles. The fraction of sp³-hybridized carbons (Fsp3) is 0.538. The summed E-state index contributed by atoms with van der Waals surface area (Å²) in [5, 5.41) is 13.1. The second-order valence-electron chi connectivity index (χ2n) is 4.78. The average Bonchev–Trinajstić information content (AvgIpc) is 2.43. The zero-order chi connectivity index (χ0) is 15.6. The summed E-state index contributed by atoms with van der Waals surface area (Å²) >= 11 is 3.07. The Bertz CT molecular complexity index is 505. The number of benzene rings is 1. The van der Waals surface area contributed by atoms with Crippen LogP contribution in [0.4, 0.5) is 13.2 Å². The monoisotopic (exact) mass is 368 g/mol. The third-order valence-electron chi connectivity index (χ3n) is 3.42. The molecule has 0 amide bonds. The van der Waals surface area contributed by atoms with Crippen molar-refractivity contribution >= 4 is 15.9 Å². The van der Waals surface area contributed by atoms with E-state index in [-0.39, 0.29) is 28.9 Å². The van der Waals surface area contributed by atoms with Gasteiger partial charge in [-0.3, -0.25) is 4.90 Å². The number of hydrogen-bond acceptors (Lipinski definition) is 4. The first kappa shape index (κ1) is 16.4. The number of nitrogens with one attached hydrogen (secondary N) is 1. The van der Waals surface area contributed by atoms with E-state index in [4.69, 9.17) is 4.74 Å². The van der Waals surface area contributed by atoms with Crippen LogP contribution >= 0.6 is 15.9 Å². The van der Waals surface area contributed by atoms with Crippen LogP contribution in [0.25, 0.3) is 0 Å². The molecule has 1 atom stereocenters. The summed E-state index contributed by atoms with van der Waals surface area (Å²) in [5.41, 5.74) is -0.198. The van der Waals surface area contributed by atoms with Crippen molar-refractivity contribution in [2.75, 3.05) is 33.3 Å². The molecule has 1 aliphatic rings. The van der Waals surface area contributed by atoms with Crippen molar-refractivity contribution < 1.29 is 23.0 Å². The summed E-state index contributed by atoms with van der Waals surface area (Å²) in [4.78, 5) is 1.32. The van der Waals surface area contributed by atoms with Crippen LogP contribution in [0.2, 0.25) is 0 Å². The first-order valence-electron chi connectivity index (χ1n) is 6.42. The van der Waals surface area contributed by atoms with Crippen molar-refractivity contribution in [3.05, 3.63) is 22.2 Å². The van der Waals surface area contributed by atoms with Gasteiger partial charge in [0.1, 0.15) is 17.5 Å². The highest BCUT2D eigenvalue weighted by atomic mass is 79.9. The highest BCUT2D eigenvalue weighted by Gasteiger charge is 2.46. The van der Waals surface area contributed by atoms with E-state index in [0.717, 1.165) is 0 Å². The zero-order valence-corrected chi connectivity index (χ0v) is 13.0. The van der Waals surface area contributed by atoms with Crippen molar-refractivity contribution in [2.24, 2.45) is 0 Å². The van der Waals surface area contributed by atoms with Gasteiger partial charge in [0.05, 0.1) is 11.6 Å².